The van der Waals surface area contributed by atoms with E-state index >= 15 is 0 Å². The summed E-state index contributed by atoms with van der Waals surface area (Å²) in [7, 11) is 0. The number of carbonyl (C=O) groups is 1. The Labute approximate surface area is 160 Å². The Morgan fingerprint density at radius 3 is 3.15 bits per heavy atom. The molecule has 2 bridgehead atoms. The molecule has 1 N–H and O–H groups in total. The molecule has 4 rings (SSSR count). The van der Waals surface area contributed by atoms with Crippen molar-refractivity contribution in [3.8, 4) is 0 Å². The van der Waals surface area contributed by atoms with Gasteiger partial charge in [0.25, 0.3) is 0 Å². The van der Waals surface area contributed by atoms with Crippen molar-refractivity contribution in [1.82, 2.24) is 10.2 Å². The van der Waals surface area contributed by atoms with Crippen molar-refractivity contribution in [2.75, 3.05) is 26.2 Å². The minimum Gasteiger partial charge on any atom is -0.370 e. The lowest BCUT2D eigenvalue weighted by Crippen LogP contribution is -2.42. The molecule has 4 atom stereocenters. The number of rotatable bonds is 7. The zero-order chi connectivity index (χ0) is 18.1. The summed E-state index contributed by atoms with van der Waals surface area (Å²) in [6, 6.07) is 2.03. The lowest BCUT2D eigenvalue weighted by Gasteiger charge is -2.29. The van der Waals surface area contributed by atoms with Crippen molar-refractivity contribution in [1.29, 1.82) is 0 Å². The van der Waals surface area contributed by atoms with Crippen molar-refractivity contribution in [3.63, 3.8) is 0 Å². The van der Waals surface area contributed by atoms with E-state index in [9.17, 15) is 4.79 Å². The van der Waals surface area contributed by atoms with Crippen molar-refractivity contribution >= 4 is 17.2 Å². The van der Waals surface area contributed by atoms with Crippen molar-refractivity contribution in [3.05, 3.63) is 34.0 Å². The maximum Gasteiger partial charge on any atom is 0.224 e. The molecule has 142 valence electrons. The van der Waals surface area contributed by atoms with Gasteiger partial charge in [-0.1, -0.05) is 11.6 Å². The van der Waals surface area contributed by atoms with Gasteiger partial charge in [-0.25, -0.2) is 0 Å². The molecule has 0 unspecified atom stereocenters. The van der Waals surface area contributed by atoms with Crippen LogP contribution in [0.5, 0.6) is 0 Å². The summed E-state index contributed by atoms with van der Waals surface area (Å²) >= 11 is 1.65. The Hall–Kier alpha value is -1.17. The third-order valence-corrected chi connectivity index (χ3v) is 7.06. The zero-order valence-electron chi connectivity index (χ0n) is 15.9. The summed E-state index contributed by atoms with van der Waals surface area (Å²) in [4.78, 5) is 14.8. The highest BCUT2D eigenvalue weighted by atomic mass is 32.1. The number of fused-ring (bicyclic) bond motifs is 1. The number of carbonyl (C=O) groups excluding carboxylic acids is 1. The van der Waals surface area contributed by atoms with Crippen LogP contribution in [0.1, 0.15) is 38.7 Å². The molecule has 4 nitrogen and oxygen atoms in total. The smallest absolute Gasteiger partial charge is 0.224 e. The van der Waals surface area contributed by atoms with Crippen LogP contribution in [0.3, 0.4) is 0 Å². The minimum atomic E-state index is 0.0678. The summed E-state index contributed by atoms with van der Waals surface area (Å²) < 4.78 is 6.49. The molecule has 1 amide bonds. The van der Waals surface area contributed by atoms with E-state index < -0.39 is 0 Å². The number of amides is 1. The largest absolute Gasteiger partial charge is 0.370 e. The molecule has 0 aliphatic carbocycles. The van der Waals surface area contributed by atoms with E-state index in [1.807, 2.05) is 11.4 Å². The summed E-state index contributed by atoms with van der Waals surface area (Å²) in [5.41, 5.74) is 2.57. The second-order valence-electron chi connectivity index (χ2n) is 8.45. The Morgan fingerprint density at radius 2 is 2.38 bits per heavy atom. The minimum absolute atomic E-state index is 0.0678. The molecule has 1 aromatic rings. The Balaban J connectivity index is 1.32. The van der Waals surface area contributed by atoms with E-state index in [-0.39, 0.29) is 11.5 Å². The third-order valence-electron chi connectivity index (χ3n) is 6.33. The lowest BCUT2D eigenvalue weighted by atomic mass is 9.73. The van der Waals surface area contributed by atoms with Crippen LogP contribution in [-0.4, -0.2) is 48.7 Å². The third kappa shape index (κ3) is 3.62. The number of thiophene rings is 1. The molecule has 3 aliphatic heterocycles. The number of ether oxygens (including phenoxy) is 1. The first-order valence-electron chi connectivity index (χ1n) is 9.87. The number of hydrogen-bond donors (Lipinski definition) is 1. The van der Waals surface area contributed by atoms with Gasteiger partial charge >= 0.3 is 0 Å². The van der Waals surface area contributed by atoms with E-state index in [1.165, 1.54) is 12.0 Å². The number of hydrogen-bond acceptors (Lipinski definition) is 4. The summed E-state index contributed by atoms with van der Waals surface area (Å²) in [5.74, 6) is 1.19. The molecule has 26 heavy (non-hydrogen) atoms. The van der Waals surface area contributed by atoms with Gasteiger partial charge in [0.1, 0.15) is 0 Å². The fourth-order valence-electron chi connectivity index (χ4n) is 5.14. The summed E-state index contributed by atoms with van der Waals surface area (Å²) in [6.07, 6.45) is 6.64. The first kappa shape index (κ1) is 18.2. The van der Waals surface area contributed by atoms with Gasteiger partial charge in [0, 0.05) is 38.0 Å². The van der Waals surface area contributed by atoms with Crippen LogP contribution in [-0.2, 0) is 16.0 Å². The van der Waals surface area contributed by atoms with Crippen LogP contribution in [0.2, 0.25) is 0 Å². The van der Waals surface area contributed by atoms with Gasteiger partial charge in [-0.3, -0.25) is 9.69 Å². The molecular formula is C21H30N2O2S. The fourth-order valence-corrected chi connectivity index (χ4v) is 5.81. The van der Waals surface area contributed by atoms with Gasteiger partial charge in [0.05, 0.1) is 18.1 Å². The Bertz CT molecular complexity index is 668. The van der Waals surface area contributed by atoms with Crippen LogP contribution in [0.4, 0.5) is 0 Å². The normalized spacial score (nSPS) is 32.6. The van der Waals surface area contributed by atoms with E-state index in [4.69, 9.17) is 4.74 Å². The highest BCUT2D eigenvalue weighted by Crippen LogP contribution is 2.54. The molecule has 0 radical (unpaired) electrons. The topological polar surface area (TPSA) is 41.6 Å². The van der Waals surface area contributed by atoms with Crippen molar-refractivity contribution in [2.24, 2.45) is 11.8 Å². The van der Waals surface area contributed by atoms with Gasteiger partial charge in [0.2, 0.25) is 5.91 Å². The number of allylic oxidation sites excluding steroid dienone is 1. The SMILES string of the molecule is CC(C)=CCCN1C[C@@H]2[C@H](CNC(=O)Cc3ccsc3)[C@H]3CC[C@]2(C1)O3. The molecule has 3 aliphatic rings. The molecule has 4 heterocycles. The van der Waals surface area contributed by atoms with Crippen molar-refractivity contribution in [2.45, 2.75) is 51.2 Å². The Morgan fingerprint density at radius 1 is 1.50 bits per heavy atom. The van der Waals surface area contributed by atoms with Gasteiger partial charge in [-0.2, -0.15) is 11.3 Å². The van der Waals surface area contributed by atoms with Crippen LogP contribution < -0.4 is 5.32 Å². The van der Waals surface area contributed by atoms with Gasteiger partial charge in [-0.15, -0.1) is 0 Å². The fraction of sp³-hybridized carbons (Fsp3) is 0.667. The average Bonchev–Trinajstić information content (AvgIpc) is 3.33. The van der Waals surface area contributed by atoms with Crippen LogP contribution >= 0.6 is 11.3 Å². The first-order valence-corrected chi connectivity index (χ1v) is 10.8. The molecule has 3 saturated heterocycles. The van der Waals surface area contributed by atoms with Crippen LogP contribution in [0.15, 0.2) is 28.5 Å². The predicted molar refractivity (Wildman–Crippen MR) is 105 cm³/mol. The second kappa shape index (κ2) is 7.45. The first-order chi connectivity index (χ1) is 12.6. The van der Waals surface area contributed by atoms with Gasteiger partial charge in [0.15, 0.2) is 0 Å². The van der Waals surface area contributed by atoms with Crippen LogP contribution in [0, 0.1) is 11.8 Å². The van der Waals surface area contributed by atoms with Crippen molar-refractivity contribution < 1.29 is 9.53 Å². The van der Waals surface area contributed by atoms with Gasteiger partial charge < -0.3 is 10.1 Å². The molecule has 3 fully saturated rings. The highest BCUT2D eigenvalue weighted by Gasteiger charge is 2.62. The maximum atomic E-state index is 12.3. The van der Waals surface area contributed by atoms with E-state index in [0.717, 1.165) is 44.6 Å². The molecule has 1 spiro atoms. The van der Waals surface area contributed by atoms with E-state index in [1.54, 1.807) is 11.3 Å². The molecule has 0 aromatic carbocycles. The molecule has 5 heteroatoms. The molecular weight excluding hydrogens is 344 g/mol. The second-order valence-corrected chi connectivity index (χ2v) is 9.23. The summed E-state index contributed by atoms with van der Waals surface area (Å²) in [5, 5.41) is 7.27. The highest BCUT2D eigenvalue weighted by molar-refractivity contribution is 7.08. The number of likely N-dealkylation sites (tertiary alicyclic amines) is 1. The average molecular weight is 375 g/mol. The standard InChI is InChI=1S/C21H30N2O2S/c1-15(2)4-3-8-23-12-18-17(19-5-7-21(18,14-23)25-19)11-22-20(24)10-16-6-9-26-13-16/h4,6,9,13,17-19H,3,5,7-8,10-12,14H2,1-2H3,(H,22,24)/t17-,18+,19+,21+/m0/s1. The van der Waals surface area contributed by atoms with Crippen LogP contribution in [0.25, 0.3) is 0 Å². The monoisotopic (exact) mass is 374 g/mol. The number of nitrogens with one attached hydrogen (secondary N) is 1. The molecule has 0 saturated carbocycles. The van der Waals surface area contributed by atoms with E-state index in [2.05, 4.69) is 35.5 Å². The quantitative estimate of drug-likeness (QED) is 0.745. The molecule has 1 aromatic heterocycles. The predicted octanol–water partition coefficient (Wildman–Crippen LogP) is 3.24. The Kier molecular flexibility index (Phi) is 5.22. The zero-order valence-corrected chi connectivity index (χ0v) is 16.7. The van der Waals surface area contributed by atoms with Gasteiger partial charge in [-0.05, 0) is 55.5 Å². The maximum absolute atomic E-state index is 12.3. The lowest BCUT2D eigenvalue weighted by molar-refractivity contribution is -0.120. The summed E-state index contributed by atoms with van der Waals surface area (Å²) in [6.45, 7) is 8.41. The number of nitrogens with zero attached hydrogens (tertiary/aromatic N) is 1. The van der Waals surface area contributed by atoms with E-state index in [0.29, 0.717) is 24.4 Å².